The fourth-order valence-electron chi connectivity index (χ4n) is 3.19. The fraction of sp³-hybridized carbons (Fsp3) is 0.350. The molecule has 1 aliphatic rings. The van der Waals surface area contributed by atoms with Gasteiger partial charge in [-0.05, 0) is 19.4 Å². The molecule has 0 radical (unpaired) electrons. The largest absolute Gasteiger partial charge is 0.478 e. The number of ether oxygens (including phenoxy) is 3. The molecule has 0 saturated heterocycles. The number of carboxylic acids is 1. The van der Waals surface area contributed by atoms with Crippen molar-refractivity contribution in [3.63, 3.8) is 0 Å². The smallest absolute Gasteiger partial charge is 0.339 e. The molecular weight excluding hydrogens is 366 g/mol. The number of hydrogen-bond acceptors (Lipinski definition) is 7. The van der Waals surface area contributed by atoms with Crippen molar-refractivity contribution < 1.29 is 33.7 Å². The van der Waals surface area contributed by atoms with Crippen LogP contribution in [0.15, 0.2) is 52.9 Å². The van der Waals surface area contributed by atoms with Gasteiger partial charge in [-0.1, -0.05) is 30.3 Å². The van der Waals surface area contributed by atoms with Gasteiger partial charge in [0.1, 0.15) is 6.73 Å². The molecule has 8 nitrogen and oxygen atoms in total. The third kappa shape index (κ3) is 4.40. The summed E-state index contributed by atoms with van der Waals surface area (Å²) in [5, 5.41) is 9.89. The first kappa shape index (κ1) is 21.2. The number of carboxylic acid groups (broad SMARTS) is 1. The number of hydrogen-bond donors (Lipinski definition) is 1. The van der Waals surface area contributed by atoms with Crippen LogP contribution in [0.4, 0.5) is 0 Å². The lowest BCUT2D eigenvalue weighted by atomic mass is 9.80. The normalized spacial score (nSPS) is 16.9. The summed E-state index contributed by atoms with van der Waals surface area (Å²) in [7, 11) is 1.48. The third-order valence-corrected chi connectivity index (χ3v) is 4.46. The molecule has 8 heteroatoms. The van der Waals surface area contributed by atoms with Gasteiger partial charge in [-0.25, -0.2) is 9.59 Å². The molecule has 0 aromatic heterocycles. The molecule has 150 valence electrons. The lowest BCUT2D eigenvalue weighted by Gasteiger charge is -2.36. The van der Waals surface area contributed by atoms with Gasteiger partial charge in [0.2, 0.25) is 6.79 Å². The maximum absolute atomic E-state index is 12.8. The van der Waals surface area contributed by atoms with Crippen molar-refractivity contribution in [2.75, 3.05) is 20.6 Å². The molecule has 1 aromatic carbocycles. The zero-order valence-corrected chi connectivity index (χ0v) is 16.2. The number of rotatable bonds is 7. The summed E-state index contributed by atoms with van der Waals surface area (Å²) in [6, 6.07) is 8.83. The zero-order valence-electron chi connectivity index (χ0n) is 16.2. The summed E-state index contributed by atoms with van der Waals surface area (Å²) in [6.07, 6.45) is 0. The van der Waals surface area contributed by atoms with Gasteiger partial charge in [0.15, 0.2) is 0 Å². The molecule has 0 spiro atoms. The predicted molar refractivity (Wildman–Crippen MR) is 98.7 cm³/mol. The van der Waals surface area contributed by atoms with E-state index in [-0.39, 0.29) is 17.9 Å². The standard InChI is InChI=1S/C20H23NO7/c1-12-16(19(23)24)18(15-8-6-5-7-9-15)17(13(2)21(12)10-26-4)20(25)28-11-27-14(3)22/h5-9,18H,10-11H2,1-4H3,(H,23,24)/t18-/m0/s1. The molecule has 1 heterocycles. The first-order valence-corrected chi connectivity index (χ1v) is 8.56. The second-order valence-corrected chi connectivity index (χ2v) is 6.18. The van der Waals surface area contributed by atoms with E-state index in [1.165, 1.54) is 14.0 Å². The molecule has 0 saturated carbocycles. The Morgan fingerprint density at radius 2 is 1.64 bits per heavy atom. The molecule has 1 aromatic rings. The molecule has 1 aliphatic heterocycles. The van der Waals surface area contributed by atoms with Crippen molar-refractivity contribution in [1.29, 1.82) is 0 Å². The monoisotopic (exact) mass is 389 g/mol. The van der Waals surface area contributed by atoms with Gasteiger partial charge < -0.3 is 24.2 Å². The van der Waals surface area contributed by atoms with Crippen molar-refractivity contribution in [3.8, 4) is 0 Å². The van der Waals surface area contributed by atoms with Crippen LogP contribution in [0.2, 0.25) is 0 Å². The van der Waals surface area contributed by atoms with Crippen molar-refractivity contribution in [2.45, 2.75) is 26.7 Å². The number of allylic oxidation sites excluding steroid dienone is 2. The molecule has 0 unspecified atom stereocenters. The minimum Gasteiger partial charge on any atom is -0.478 e. The molecule has 2 rings (SSSR count). The zero-order chi connectivity index (χ0) is 20.8. The van der Waals surface area contributed by atoms with Crippen molar-refractivity contribution in [1.82, 2.24) is 4.90 Å². The Hall–Kier alpha value is -3.13. The molecule has 0 fully saturated rings. The fourth-order valence-corrected chi connectivity index (χ4v) is 3.19. The number of aliphatic carboxylic acids is 1. The summed E-state index contributed by atoms with van der Waals surface area (Å²) in [5.74, 6) is -3.34. The van der Waals surface area contributed by atoms with Crippen LogP contribution in [0.25, 0.3) is 0 Å². The Balaban J connectivity index is 2.58. The molecule has 0 aliphatic carbocycles. The Kier molecular flexibility index (Phi) is 6.94. The molecule has 28 heavy (non-hydrogen) atoms. The Morgan fingerprint density at radius 1 is 1.04 bits per heavy atom. The van der Waals surface area contributed by atoms with Crippen LogP contribution in [-0.4, -0.2) is 48.5 Å². The topological polar surface area (TPSA) is 102 Å². The van der Waals surface area contributed by atoms with E-state index in [1.54, 1.807) is 49.1 Å². The Labute approximate surface area is 163 Å². The number of esters is 2. The number of carbonyl (C=O) groups is 3. The van der Waals surface area contributed by atoms with Crippen LogP contribution in [-0.2, 0) is 28.6 Å². The first-order valence-electron chi connectivity index (χ1n) is 8.56. The van der Waals surface area contributed by atoms with Gasteiger partial charge in [0, 0.05) is 25.4 Å². The summed E-state index contributed by atoms with van der Waals surface area (Å²) in [4.78, 5) is 37.5. The van der Waals surface area contributed by atoms with E-state index in [1.807, 2.05) is 0 Å². The minimum atomic E-state index is -1.15. The quantitative estimate of drug-likeness (QED) is 0.560. The van der Waals surface area contributed by atoms with Crippen molar-refractivity contribution in [2.24, 2.45) is 0 Å². The minimum absolute atomic E-state index is 0.0493. The van der Waals surface area contributed by atoms with Gasteiger partial charge >= 0.3 is 17.9 Å². The van der Waals surface area contributed by atoms with E-state index >= 15 is 0 Å². The summed E-state index contributed by atoms with van der Waals surface area (Å²) in [6.45, 7) is 4.07. The van der Waals surface area contributed by atoms with Gasteiger partial charge in [-0.2, -0.15) is 0 Å². The number of methoxy groups -OCH3 is 1. The maximum atomic E-state index is 12.8. The third-order valence-electron chi connectivity index (χ3n) is 4.46. The van der Waals surface area contributed by atoms with Crippen LogP contribution in [0.1, 0.15) is 32.3 Å². The van der Waals surface area contributed by atoms with E-state index in [0.717, 1.165) is 0 Å². The summed E-state index contributed by atoms with van der Waals surface area (Å²) in [5.41, 5.74) is 1.81. The molecule has 1 N–H and O–H groups in total. The van der Waals surface area contributed by atoms with Gasteiger partial charge in [0.25, 0.3) is 0 Å². The Bertz CT molecular complexity index is 826. The highest BCUT2D eigenvalue weighted by molar-refractivity contribution is 5.99. The van der Waals surface area contributed by atoms with E-state index in [0.29, 0.717) is 17.0 Å². The highest BCUT2D eigenvalue weighted by Crippen LogP contribution is 2.42. The number of carbonyl (C=O) groups excluding carboxylic acids is 2. The van der Waals surface area contributed by atoms with E-state index in [2.05, 4.69) is 4.74 Å². The lowest BCUT2D eigenvalue weighted by molar-refractivity contribution is -0.163. The SMILES string of the molecule is COCN1C(C)=C(C(=O)O)[C@H](c2ccccc2)C(C(=O)OCOC(C)=O)=C1C. The van der Waals surface area contributed by atoms with Crippen LogP contribution in [0.3, 0.4) is 0 Å². The highest BCUT2D eigenvalue weighted by atomic mass is 16.7. The van der Waals surface area contributed by atoms with E-state index < -0.39 is 30.6 Å². The van der Waals surface area contributed by atoms with Gasteiger partial charge in [-0.3, -0.25) is 4.79 Å². The number of nitrogens with zero attached hydrogens (tertiary/aromatic N) is 1. The summed E-state index contributed by atoms with van der Waals surface area (Å²) < 4.78 is 14.9. The number of benzene rings is 1. The Morgan fingerprint density at radius 3 is 2.18 bits per heavy atom. The highest BCUT2D eigenvalue weighted by Gasteiger charge is 2.40. The van der Waals surface area contributed by atoms with Gasteiger partial charge in [0.05, 0.1) is 17.1 Å². The molecule has 1 atom stereocenters. The van der Waals surface area contributed by atoms with Crippen LogP contribution >= 0.6 is 0 Å². The lowest BCUT2D eigenvalue weighted by Crippen LogP contribution is -2.36. The van der Waals surface area contributed by atoms with E-state index in [4.69, 9.17) is 9.47 Å². The maximum Gasteiger partial charge on any atom is 0.339 e. The van der Waals surface area contributed by atoms with Gasteiger partial charge in [-0.15, -0.1) is 0 Å². The van der Waals surface area contributed by atoms with Crippen LogP contribution in [0.5, 0.6) is 0 Å². The molecule has 0 amide bonds. The molecule has 0 bridgehead atoms. The average molecular weight is 389 g/mol. The second-order valence-electron chi connectivity index (χ2n) is 6.18. The summed E-state index contributed by atoms with van der Waals surface area (Å²) >= 11 is 0. The van der Waals surface area contributed by atoms with Crippen LogP contribution in [0, 0.1) is 0 Å². The average Bonchev–Trinajstić information content (AvgIpc) is 2.64. The first-order chi connectivity index (χ1) is 13.3. The second kappa shape index (κ2) is 9.18. The van der Waals surface area contributed by atoms with Crippen molar-refractivity contribution in [3.05, 3.63) is 58.4 Å². The molecular formula is C20H23NO7. The predicted octanol–water partition coefficient (Wildman–Crippen LogP) is 2.39. The van der Waals surface area contributed by atoms with E-state index in [9.17, 15) is 19.5 Å². The van der Waals surface area contributed by atoms with Crippen LogP contribution < -0.4 is 0 Å². The van der Waals surface area contributed by atoms with Crippen molar-refractivity contribution >= 4 is 17.9 Å².